The summed E-state index contributed by atoms with van der Waals surface area (Å²) in [6.45, 7) is 1.87. The summed E-state index contributed by atoms with van der Waals surface area (Å²) >= 11 is 6.06. The molecule has 0 radical (unpaired) electrons. The van der Waals surface area contributed by atoms with Gasteiger partial charge < -0.3 is 10.3 Å². The van der Waals surface area contributed by atoms with E-state index in [1.54, 1.807) is 36.5 Å². The first kappa shape index (κ1) is 24.9. The lowest BCUT2D eigenvalue weighted by Crippen LogP contribution is -2.23. The van der Waals surface area contributed by atoms with E-state index in [1.165, 1.54) is 12.4 Å². The first-order chi connectivity index (χ1) is 17.6. The number of aromatic amines is 1. The minimum absolute atomic E-state index is 0.0193. The normalized spacial score (nSPS) is 11.8. The van der Waals surface area contributed by atoms with Gasteiger partial charge in [0.15, 0.2) is 9.84 Å². The SMILES string of the molecule is Cc1cnc2c(S(C)(=O)=O)cc(Cc3cc(C(=O)NCc4ccc5[nH]cc(Cl)c5c4F)ccn3)cc2c1. The Bertz CT molecular complexity index is 1800. The number of amides is 1. The highest BCUT2D eigenvalue weighted by Crippen LogP contribution is 2.28. The van der Waals surface area contributed by atoms with Gasteiger partial charge in [0, 0.05) is 65.5 Å². The number of hydrogen-bond acceptors (Lipinski definition) is 5. The molecular formula is C27H22ClFN4O3S. The zero-order chi connectivity index (χ0) is 26.3. The van der Waals surface area contributed by atoms with Crippen molar-refractivity contribution >= 4 is 49.2 Å². The molecular weight excluding hydrogens is 515 g/mol. The third-order valence-electron chi connectivity index (χ3n) is 6.06. The van der Waals surface area contributed by atoms with Crippen molar-refractivity contribution in [3.8, 4) is 0 Å². The average molecular weight is 537 g/mol. The fourth-order valence-electron chi connectivity index (χ4n) is 4.30. The van der Waals surface area contributed by atoms with E-state index in [0.29, 0.717) is 39.7 Å². The molecule has 5 rings (SSSR count). The van der Waals surface area contributed by atoms with Crippen LogP contribution in [0.2, 0.25) is 5.02 Å². The van der Waals surface area contributed by atoms with Crippen LogP contribution in [0, 0.1) is 12.7 Å². The second-order valence-electron chi connectivity index (χ2n) is 8.94. The van der Waals surface area contributed by atoms with Gasteiger partial charge in [0.25, 0.3) is 5.91 Å². The van der Waals surface area contributed by atoms with Crippen LogP contribution in [0.1, 0.15) is 32.7 Å². The standard InChI is InChI=1S/C27H22ClFN4O3S/c1-15-7-19-8-16(10-23(37(2,35)36)26(19)32-12-15)9-20-11-17(5-6-30-20)27(34)33-13-18-3-4-22-24(25(18)29)21(28)14-31-22/h3-8,10-12,14,31H,9,13H2,1-2H3,(H,33,34). The molecule has 2 N–H and O–H groups in total. The van der Waals surface area contributed by atoms with Crippen molar-refractivity contribution in [3.63, 3.8) is 0 Å². The van der Waals surface area contributed by atoms with Crippen molar-refractivity contribution in [2.24, 2.45) is 0 Å². The van der Waals surface area contributed by atoms with Gasteiger partial charge in [0.05, 0.1) is 20.8 Å². The molecule has 0 fully saturated rings. The highest BCUT2D eigenvalue weighted by molar-refractivity contribution is 7.91. The fourth-order valence-corrected chi connectivity index (χ4v) is 5.42. The molecule has 7 nitrogen and oxygen atoms in total. The number of pyridine rings is 2. The van der Waals surface area contributed by atoms with Crippen LogP contribution >= 0.6 is 11.6 Å². The molecule has 10 heteroatoms. The van der Waals surface area contributed by atoms with Crippen LogP contribution < -0.4 is 5.32 Å². The molecule has 0 saturated carbocycles. The number of hydrogen-bond donors (Lipinski definition) is 2. The summed E-state index contributed by atoms with van der Waals surface area (Å²) in [7, 11) is -3.52. The van der Waals surface area contributed by atoms with Crippen molar-refractivity contribution in [1.29, 1.82) is 0 Å². The second-order valence-corrected chi connectivity index (χ2v) is 11.3. The number of aryl methyl sites for hydroxylation is 1. The van der Waals surface area contributed by atoms with Crippen LogP contribution in [0.4, 0.5) is 4.39 Å². The molecule has 188 valence electrons. The Kier molecular flexibility index (Phi) is 6.43. The van der Waals surface area contributed by atoms with Gasteiger partial charge in [-0.05, 0) is 54.4 Å². The largest absolute Gasteiger partial charge is 0.360 e. The maximum atomic E-state index is 14.9. The van der Waals surface area contributed by atoms with Gasteiger partial charge in [-0.25, -0.2) is 12.8 Å². The minimum atomic E-state index is -3.52. The van der Waals surface area contributed by atoms with E-state index in [1.807, 2.05) is 19.1 Å². The van der Waals surface area contributed by atoms with Crippen LogP contribution in [0.25, 0.3) is 21.8 Å². The lowest BCUT2D eigenvalue weighted by Gasteiger charge is -2.10. The molecule has 0 aliphatic carbocycles. The van der Waals surface area contributed by atoms with Crippen LogP contribution in [0.15, 0.2) is 66.0 Å². The Morgan fingerprint density at radius 3 is 2.73 bits per heavy atom. The van der Waals surface area contributed by atoms with E-state index in [4.69, 9.17) is 11.6 Å². The van der Waals surface area contributed by atoms with Gasteiger partial charge in [-0.15, -0.1) is 0 Å². The predicted molar refractivity (Wildman–Crippen MR) is 141 cm³/mol. The number of benzene rings is 2. The van der Waals surface area contributed by atoms with E-state index in [2.05, 4.69) is 20.3 Å². The predicted octanol–water partition coefficient (Wildman–Crippen LogP) is 5.14. The fraction of sp³-hybridized carbons (Fsp3) is 0.148. The molecule has 0 unspecified atom stereocenters. The molecule has 0 atom stereocenters. The topological polar surface area (TPSA) is 105 Å². The number of halogens is 2. The number of aromatic nitrogens is 3. The number of nitrogens with zero attached hydrogens (tertiary/aromatic N) is 2. The second kappa shape index (κ2) is 9.57. The molecule has 0 aliphatic heterocycles. The van der Waals surface area contributed by atoms with Crippen molar-refractivity contribution in [1.82, 2.24) is 20.3 Å². The maximum Gasteiger partial charge on any atom is 0.251 e. The molecule has 3 aromatic heterocycles. The van der Waals surface area contributed by atoms with Crippen molar-refractivity contribution in [3.05, 3.63) is 99.8 Å². The third-order valence-corrected chi connectivity index (χ3v) is 7.47. The molecule has 0 saturated heterocycles. The molecule has 5 aromatic rings. The average Bonchev–Trinajstić information content (AvgIpc) is 3.23. The minimum Gasteiger partial charge on any atom is -0.360 e. The molecule has 0 aliphatic rings. The molecule has 3 heterocycles. The summed E-state index contributed by atoms with van der Waals surface area (Å²) in [6, 6.07) is 11.9. The zero-order valence-corrected chi connectivity index (χ0v) is 21.5. The Morgan fingerprint density at radius 1 is 1.14 bits per heavy atom. The summed E-state index contributed by atoms with van der Waals surface area (Å²) < 4.78 is 39.7. The number of nitrogens with one attached hydrogen (secondary N) is 2. The summed E-state index contributed by atoms with van der Waals surface area (Å²) in [5.74, 6) is -0.874. The van der Waals surface area contributed by atoms with Crippen molar-refractivity contribution in [2.45, 2.75) is 24.8 Å². The molecule has 0 bridgehead atoms. The van der Waals surface area contributed by atoms with Gasteiger partial charge in [0.1, 0.15) is 5.82 Å². The smallest absolute Gasteiger partial charge is 0.251 e. The van der Waals surface area contributed by atoms with Gasteiger partial charge in [-0.1, -0.05) is 17.7 Å². The summed E-state index contributed by atoms with van der Waals surface area (Å²) in [5, 5.41) is 4.01. The maximum absolute atomic E-state index is 14.9. The highest BCUT2D eigenvalue weighted by atomic mass is 35.5. The van der Waals surface area contributed by atoms with Gasteiger partial charge >= 0.3 is 0 Å². The molecule has 37 heavy (non-hydrogen) atoms. The molecule has 2 aromatic carbocycles. The van der Waals surface area contributed by atoms with E-state index >= 15 is 0 Å². The number of H-pyrrole nitrogens is 1. The Balaban J connectivity index is 1.38. The van der Waals surface area contributed by atoms with Crippen LogP contribution in [0.3, 0.4) is 0 Å². The number of rotatable bonds is 6. The summed E-state index contributed by atoms with van der Waals surface area (Å²) in [5.41, 5.74) is 3.88. The van der Waals surface area contributed by atoms with Gasteiger partial charge in [-0.2, -0.15) is 0 Å². The first-order valence-electron chi connectivity index (χ1n) is 11.4. The van der Waals surface area contributed by atoms with Crippen molar-refractivity contribution < 1.29 is 17.6 Å². The van der Waals surface area contributed by atoms with Crippen LogP contribution in [-0.2, 0) is 22.8 Å². The Morgan fingerprint density at radius 2 is 1.95 bits per heavy atom. The number of sulfone groups is 1. The first-order valence-corrected chi connectivity index (χ1v) is 13.6. The van der Waals surface area contributed by atoms with E-state index in [-0.39, 0.29) is 21.8 Å². The number of carbonyl (C=O) groups excluding carboxylic acids is 1. The Hall–Kier alpha value is -3.82. The van der Waals surface area contributed by atoms with E-state index in [9.17, 15) is 17.6 Å². The van der Waals surface area contributed by atoms with Crippen LogP contribution in [-0.4, -0.2) is 35.5 Å². The lowest BCUT2D eigenvalue weighted by molar-refractivity contribution is 0.0950. The molecule has 0 spiro atoms. The van der Waals surface area contributed by atoms with E-state index < -0.39 is 21.6 Å². The summed E-state index contributed by atoms with van der Waals surface area (Å²) in [4.78, 5) is 24.5. The van der Waals surface area contributed by atoms with E-state index in [0.717, 1.165) is 17.4 Å². The van der Waals surface area contributed by atoms with Gasteiger partial charge in [0.2, 0.25) is 0 Å². The van der Waals surface area contributed by atoms with Gasteiger partial charge in [-0.3, -0.25) is 14.8 Å². The van der Waals surface area contributed by atoms with Crippen molar-refractivity contribution in [2.75, 3.05) is 6.26 Å². The number of carbonyl (C=O) groups is 1. The number of fused-ring (bicyclic) bond motifs is 2. The summed E-state index contributed by atoms with van der Waals surface area (Å²) in [6.07, 6.45) is 6.13. The third kappa shape index (κ3) is 5.05. The Labute approximate surface area is 217 Å². The molecule has 1 amide bonds. The highest BCUT2D eigenvalue weighted by Gasteiger charge is 2.17. The quantitative estimate of drug-likeness (QED) is 0.313. The monoisotopic (exact) mass is 536 g/mol. The van der Waals surface area contributed by atoms with Crippen LogP contribution in [0.5, 0.6) is 0 Å². The lowest BCUT2D eigenvalue weighted by atomic mass is 10.0. The zero-order valence-electron chi connectivity index (χ0n) is 20.0.